The molecule has 4 heteroatoms. The molecule has 0 atom stereocenters. The van der Waals surface area contributed by atoms with E-state index >= 15 is 0 Å². The van der Waals surface area contributed by atoms with Gasteiger partial charge in [-0.25, -0.2) is 4.98 Å². The summed E-state index contributed by atoms with van der Waals surface area (Å²) in [5, 5.41) is 10.1. The van der Waals surface area contributed by atoms with E-state index in [9.17, 15) is 5.11 Å². The van der Waals surface area contributed by atoms with Gasteiger partial charge in [0.2, 0.25) is 0 Å². The van der Waals surface area contributed by atoms with Gasteiger partial charge in [-0.2, -0.15) is 0 Å². The fourth-order valence-electron chi connectivity index (χ4n) is 2.40. The smallest absolute Gasteiger partial charge is 0.100 e. The maximum absolute atomic E-state index is 9.52. The molecule has 0 amide bonds. The standard InChI is InChI=1S/C16H15ClN2O/c1-10-6-14-15(7-11(10)2)19(9-18-14)16-12(8-20)4-3-5-13(16)17/h3-7,9,20H,8H2,1-2H3. The summed E-state index contributed by atoms with van der Waals surface area (Å²) in [6.45, 7) is 4.09. The molecule has 0 unspecified atom stereocenters. The molecule has 0 aliphatic heterocycles. The Morgan fingerprint density at radius 2 is 1.95 bits per heavy atom. The maximum atomic E-state index is 9.52. The lowest BCUT2D eigenvalue weighted by atomic mass is 10.1. The lowest BCUT2D eigenvalue weighted by Crippen LogP contribution is -2.00. The molecule has 3 nitrogen and oxygen atoms in total. The zero-order valence-corrected chi connectivity index (χ0v) is 12.1. The maximum Gasteiger partial charge on any atom is 0.100 e. The molecule has 0 aliphatic rings. The van der Waals surface area contributed by atoms with Gasteiger partial charge in [-0.05, 0) is 43.2 Å². The van der Waals surface area contributed by atoms with E-state index in [1.54, 1.807) is 6.33 Å². The third-order valence-corrected chi connectivity index (χ3v) is 3.95. The minimum atomic E-state index is -0.0551. The normalized spacial score (nSPS) is 11.2. The molecule has 0 bridgehead atoms. The van der Waals surface area contributed by atoms with Gasteiger partial charge >= 0.3 is 0 Å². The number of hydrogen-bond donors (Lipinski definition) is 1. The number of aliphatic hydroxyl groups excluding tert-OH is 1. The number of para-hydroxylation sites is 1. The van der Waals surface area contributed by atoms with Crippen LogP contribution >= 0.6 is 11.6 Å². The third kappa shape index (κ3) is 1.99. The number of halogens is 1. The quantitative estimate of drug-likeness (QED) is 0.778. The van der Waals surface area contributed by atoms with E-state index in [2.05, 4.69) is 31.0 Å². The number of aryl methyl sites for hydroxylation is 2. The first-order valence-corrected chi connectivity index (χ1v) is 6.82. The van der Waals surface area contributed by atoms with Gasteiger partial charge in [-0.1, -0.05) is 23.7 Å². The van der Waals surface area contributed by atoms with Gasteiger partial charge in [0, 0.05) is 5.56 Å². The van der Waals surface area contributed by atoms with E-state index in [1.807, 2.05) is 22.8 Å². The second-order valence-electron chi connectivity index (χ2n) is 4.95. The third-order valence-electron chi connectivity index (χ3n) is 3.64. The van der Waals surface area contributed by atoms with Crippen molar-refractivity contribution in [3.05, 3.63) is 58.4 Å². The van der Waals surface area contributed by atoms with E-state index in [4.69, 9.17) is 11.6 Å². The van der Waals surface area contributed by atoms with Crippen molar-refractivity contribution in [1.29, 1.82) is 0 Å². The van der Waals surface area contributed by atoms with Gasteiger partial charge in [-0.15, -0.1) is 0 Å². The van der Waals surface area contributed by atoms with Crippen LogP contribution in [0.25, 0.3) is 16.7 Å². The highest BCUT2D eigenvalue weighted by molar-refractivity contribution is 6.32. The van der Waals surface area contributed by atoms with Crippen molar-refractivity contribution in [3.63, 3.8) is 0 Å². The Hall–Kier alpha value is -1.84. The number of hydrogen-bond acceptors (Lipinski definition) is 2. The molecule has 0 spiro atoms. The summed E-state index contributed by atoms with van der Waals surface area (Å²) < 4.78 is 1.94. The summed E-state index contributed by atoms with van der Waals surface area (Å²) in [4.78, 5) is 4.44. The molecule has 0 radical (unpaired) electrons. The van der Waals surface area contributed by atoms with Gasteiger partial charge in [0.05, 0.1) is 28.4 Å². The average molecular weight is 287 g/mol. The summed E-state index contributed by atoms with van der Waals surface area (Å²) >= 11 is 6.31. The van der Waals surface area contributed by atoms with Gasteiger partial charge in [0.1, 0.15) is 6.33 Å². The largest absolute Gasteiger partial charge is 0.392 e. The molecule has 1 aromatic heterocycles. The molecule has 102 valence electrons. The van der Waals surface area contributed by atoms with Gasteiger partial charge < -0.3 is 5.11 Å². The molecule has 0 saturated carbocycles. The average Bonchev–Trinajstić information content (AvgIpc) is 2.81. The Labute approximate surface area is 122 Å². The number of imidazole rings is 1. The van der Waals surface area contributed by atoms with Gasteiger partial charge in [0.15, 0.2) is 0 Å². The van der Waals surface area contributed by atoms with Crippen molar-refractivity contribution >= 4 is 22.6 Å². The first-order chi connectivity index (χ1) is 9.61. The fraction of sp³-hybridized carbons (Fsp3) is 0.188. The zero-order valence-electron chi connectivity index (χ0n) is 11.4. The van der Waals surface area contributed by atoms with Gasteiger partial charge in [-0.3, -0.25) is 4.57 Å². The van der Waals surface area contributed by atoms with Crippen LogP contribution in [-0.2, 0) is 6.61 Å². The number of benzene rings is 2. The summed E-state index contributed by atoms with van der Waals surface area (Å²) in [6, 6.07) is 9.70. The first kappa shape index (κ1) is 13.2. The highest BCUT2D eigenvalue weighted by atomic mass is 35.5. The molecule has 0 fully saturated rings. The van der Waals surface area contributed by atoms with Crippen LogP contribution in [0, 0.1) is 13.8 Å². The molecule has 3 aromatic rings. The van der Waals surface area contributed by atoms with Crippen molar-refractivity contribution in [1.82, 2.24) is 9.55 Å². The molecule has 1 N–H and O–H groups in total. The Bertz CT molecular complexity index is 793. The Balaban J connectivity index is 2.33. The van der Waals surface area contributed by atoms with Crippen LogP contribution in [0.15, 0.2) is 36.7 Å². The van der Waals surface area contributed by atoms with Crippen LogP contribution in [0.2, 0.25) is 5.02 Å². The number of aliphatic hydroxyl groups is 1. The van der Waals surface area contributed by atoms with Crippen LogP contribution in [0.1, 0.15) is 16.7 Å². The zero-order chi connectivity index (χ0) is 14.3. The predicted octanol–water partition coefficient (Wildman–Crippen LogP) is 3.79. The number of rotatable bonds is 2. The summed E-state index contributed by atoms with van der Waals surface area (Å²) in [7, 11) is 0. The lowest BCUT2D eigenvalue weighted by molar-refractivity contribution is 0.281. The van der Waals surface area contributed by atoms with Crippen molar-refractivity contribution < 1.29 is 5.11 Å². The van der Waals surface area contributed by atoms with Crippen molar-refractivity contribution in [2.75, 3.05) is 0 Å². The van der Waals surface area contributed by atoms with Crippen LogP contribution in [0.3, 0.4) is 0 Å². The molecule has 20 heavy (non-hydrogen) atoms. The van der Waals surface area contributed by atoms with E-state index in [0.717, 1.165) is 22.3 Å². The van der Waals surface area contributed by atoms with E-state index in [1.165, 1.54) is 11.1 Å². The molecular formula is C16H15ClN2O. The molecule has 0 aliphatic carbocycles. The molecule has 0 saturated heterocycles. The van der Waals surface area contributed by atoms with E-state index in [0.29, 0.717) is 5.02 Å². The summed E-state index contributed by atoms with van der Waals surface area (Å²) in [6.07, 6.45) is 1.75. The number of aromatic nitrogens is 2. The van der Waals surface area contributed by atoms with Crippen LogP contribution in [0.4, 0.5) is 0 Å². The van der Waals surface area contributed by atoms with Crippen LogP contribution < -0.4 is 0 Å². The number of fused-ring (bicyclic) bond motifs is 1. The van der Waals surface area contributed by atoms with Crippen LogP contribution in [0.5, 0.6) is 0 Å². The predicted molar refractivity (Wildman–Crippen MR) is 81.5 cm³/mol. The van der Waals surface area contributed by atoms with Crippen LogP contribution in [-0.4, -0.2) is 14.7 Å². The van der Waals surface area contributed by atoms with Gasteiger partial charge in [0.25, 0.3) is 0 Å². The fourth-order valence-corrected chi connectivity index (χ4v) is 2.68. The minimum Gasteiger partial charge on any atom is -0.392 e. The van der Waals surface area contributed by atoms with Crippen molar-refractivity contribution in [3.8, 4) is 5.69 Å². The Kier molecular flexibility index (Phi) is 3.24. The molecule has 3 rings (SSSR count). The minimum absolute atomic E-state index is 0.0551. The van der Waals surface area contributed by atoms with Crippen molar-refractivity contribution in [2.45, 2.75) is 20.5 Å². The Morgan fingerprint density at radius 3 is 2.70 bits per heavy atom. The SMILES string of the molecule is Cc1cc2ncn(-c3c(Cl)cccc3CO)c2cc1C. The molecular weight excluding hydrogens is 272 g/mol. The lowest BCUT2D eigenvalue weighted by Gasteiger charge is -2.12. The van der Waals surface area contributed by atoms with E-state index in [-0.39, 0.29) is 6.61 Å². The highest BCUT2D eigenvalue weighted by Gasteiger charge is 2.12. The monoisotopic (exact) mass is 286 g/mol. The summed E-state index contributed by atoms with van der Waals surface area (Å²) in [5.41, 5.74) is 5.92. The first-order valence-electron chi connectivity index (χ1n) is 6.44. The Morgan fingerprint density at radius 1 is 1.20 bits per heavy atom. The number of nitrogens with zero attached hydrogens (tertiary/aromatic N) is 2. The summed E-state index contributed by atoms with van der Waals surface area (Å²) in [5.74, 6) is 0. The van der Waals surface area contributed by atoms with Crippen molar-refractivity contribution in [2.24, 2.45) is 0 Å². The second kappa shape index (κ2) is 4.93. The molecule has 2 aromatic carbocycles. The highest BCUT2D eigenvalue weighted by Crippen LogP contribution is 2.29. The molecule has 1 heterocycles. The van der Waals surface area contributed by atoms with E-state index < -0.39 is 0 Å². The topological polar surface area (TPSA) is 38.0 Å². The second-order valence-corrected chi connectivity index (χ2v) is 5.35.